The van der Waals surface area contributed by atoms with E-state index in [1.165, 1.54) is 22.4 Å². The summed E-state index contributed by atoms with van der Waals surface area (Å²) in [6, 6.07) is 1.98. The second kappa shape index (κ2) is 6.42. The standard InChI is InChI=1S/C20H20N6S/c1-3-11(2)12-4-5-14-16(6-12)27-20-18(14)19(22-10-23-20)25-17-7-13-8-24-26-15(13)9-21-17/h3,7-10,12H,4-6H2,1-2H3,(H,24,26)(H,21,22,23,25). The molecule has 0 radical (unpaired) electrons. The Hall–Kier alpha value is -2.80. The number of hydrogen-bond acceptors (Lipinski definition) is 6. The second-order valence-corrected chi connectivity index (χ2v) is 8.11. The lowest BCUT2D eigenvalue weighted by atomic mass is 9.83. The van der Waals surface area contributed by atoms with Crippen molar-refractivity contribution in [3.8, 4) is 0 Å². The van der Waals surface area contributed by atoms with Gasteiger partial charge in [0.25, 0.3) is 0 Å². The van der Waals surface area contributed by atoms with Crippen LogP contribution in [0.1, 0.15) is 30.7 Å². The molecule has 0 aliphatic heterocycles. The lowest BCUT2D eigenvalue weighted by molar-refractivity contribution is 0.533. The van der Waals surface area contributed by atoms with Crippen LogP contribution < -0.4 is 5.32 Å². The molecule has 5 rings (SSSR count). The number of aromatic nitrogens is 5. The van der Waals surface area contributed by atoms with E-state index >= 15 is 0 Å². The summed E-state index contributed by atoms with van der Waals surface area (Å²) in [5.41, 5.74) is 3.81. The first kappa shape index (κ1) is 16.4. The van der Waals surface area contributed by atoms with Crippen molar-refractivity contribution in [1.29, 1.82) is 0 Å². The fraction of sp³-hybridized carbons (Fsp3) is 0.300. The van der Waals surface area contributed by atoms with Crippen LogP contribution in [0.2, 0.25) is 0 Å². The number of pyridine rings is 1. The van der Waals surface area contributed by atoms with Crippen molar-refractivity contribution < 1.29 is 0 Å². The highest BCUT2D eigenvalue weighted by Gasteiger charge is 2.25. The first-order valence-electron chi connectivity index (χ1n) is 9.17. The Morgan fingerprint density at radius 2 is 2.22 bits per heavy atom. The average Bonchev–Trinajstić information content (AvgIpc) is 3.30. The minimum atomic E-state index is 0.644. The van der Waals surface area contributed by atoms with Crippen LogP contribution in [0.3, 0.4) is 0 Å². The van der Waals surface area contributed by atoms with Gasteiger partial charge >= 0.3 is 0 Å². The highest BCUT2D eigenvalue weighted by molar-refractivity contribution is 7.19. The molecule has 0 spiro atoms. The Balaban J connectivity index is 1.55. The van der Waals surface area contributed by atoms with Crippen molar-refractivity contribution >= 4 is 44.1 Å². The van der Waals surface area contributed by atoms with E-state index < -0.39 is 0 Å². The van der Waals surface area contributed by atoms with Crippen LogP contribution in [0, 0.1) is 5.92 Å². The Bertz CT molecular complexity index is 1170. The van der Waals surface area contributed by atoms with Crippen LogP contribution in [0.25, 0.3) is 21.1 Å². The monoisotopic (exact) mass is 376 g/mol. The fourth-order valence-electron chi connectivity index (χ4n) is 3.86. The minimum absolute atomic E-state index is 0.644. The largest absolute Gasteiger partial charge is 0.324 e. The maximum Gasteiger partial charge on any atom is 0.144 e. The van der Waals surface area contributed by atoms with Gasteiger partial charge in [-0.1, -0.05) is 11.6 Å². The van der Waals surface area contributed by atoms with Gasteiger partial charge in [-0.2, -0.15) is 5.10 Å². The van der Waals surface area contributed by atoms with Gasteiger partial charge in [0.2, 0.25) is 0 Å². The Labute approximate surface area is 160 Å². The van der Waals surface area contributed by atoms with Crippen molar-refractivity contribution in [2.24, 2.45) is 5.92 Å². The van der Waals surface area contributed by atoms with E-state index in [0.717, 1.165) is 45.6 Å². The molecule has 1 unspecified atom stereocenters. The number of fused-ring (bicyclic) bond motifs is 4. The number of aryl methyl sites for hydroxylation is 1. The number of hydrogen-bond donors (Lipinski definition) is 2. The molecule has 0 bridgehead atoms. The molecule has 0 aromatic carbocycles. The maximum absolute atomic E-state index is 4.54. The molecular formula is C20H20N6S. The lowest BCUT2D eigenvalue weighted by Crippen LogP contribution is -2.13. The number of thiophene rings is 1. The molecule has 2 N–H and O–H groups in total. The molecule has 0 saturated carbocycles. The fourth-order valence-corrected chi connectivity index (χ4v) is 5.13. The van der Waals surface area contributed by atoms with Gasteiger partial charge in [-0.3, -0.25) is 5.10 Å². The number of aromatic amines is 1. The molecule has 0 fully saturated rings. The smallest absolute Gasteiger partial charge is 0.144 e. The van der Waals surface area contributed by atoms with E-state index in [2.05, 4.69) is 50.4 Å². The molecule has 7 heteroatoms. The summed E-state index contributed by atoms with van der Waals surface area (Å²) in [6.45, 7) is 4.38. The van der Waals surface area contributed by atoms with Crippen LogP contribution in [-0.4, -0.2) is 25.1 Å². The van der Waals surface area contributed by atoms with Gasteiger partial charge in [0.05, 0.1) is 23.3 Å². The zero-order chi connectivity index (χ0) is 18.4. The van der Waals surface area contributed by atoms with Crippen LogP contribution in [0.15, 0.2) is 36.4 Å². The second-order valence-electron chi connectivity index (χ2n) is 7.03. The number of nitrogens with zero attached hydrogens (tertiary/aromatic N) is 4. The van der Waals surface area contributed by atoms with Crippen molar-refractivity contribution in [2.45, 2.75) is 33.1 Å². The Kier molecular flexibility index (Phi) is 3.89. The predicted molar refractivity (Wildman–Crippen MR) is 110 cm³/mol. The van der Waals surface area contributed by atoms with Gasteiger partial charge in [0, 0.05) is 10.3 Å². The quantitative estimate of drug-likeness (QED) is 0.503. The summed E-state index contributed by atoms with van der Waals surface area (Å²) >= 11 is 1.81. The van der Waals surface area contributed by atoms with Crippen molar-refractivity contribution in [2.75, 3.05) is 5.32 Å². The molecule has 1 aliphatic carbocycles. The van der Waals surface area contributed by atoms with Gasteiger partial charge in [-0.15, -0.1) is 11.3 Å². The highest BCUT2D eigenvalue weighted by Crippen LogP contribution is 2.41. The van der Waals surface area contributed by atoms with E-state index in [1.807, 2.05) is 6.07 Å². The molecule has 136 valence electrons. The molecule has 0 saturated heterocycles. The van der Waals surface area contributed by atoms with E-state index in [0.29, 0.717) is 5.92 Å². The third kappa shape index (κ3) is 2.78. The van der Waals surface area contributed by atoms with Crippen molar-refractivity contribution in [1.82, 2.24) is 25.1 Å². The maximum atomic E-state index is 4.54. The summed E-state index contributed by atoms with van der Waals surface area (Å²) in [5, 5.41) is 12.6. The molecule has 1 atom stereocenters. The van der Waals surface area contributed by atoms with Gasteiger partial charge < -0.3 is 5.32 Å². The van der Waals surface area contributed by atoms with Crippen molar-refractivity contribution in [3.05, 3.63) is 46.9 Å². The van der Waals surface area contributed by atoms with Crippen molar-refractivity contribution in [3.63, 3.8) is 0 Å². The molecule has 1 aliphatic rings. The first-order chi connectivity index (χ1) is 13.2. The normalized spacial score (nSPS) is 17.4. The predicted octanol–water partition coefficient (Wildman–Crippen LogP) is 4.78. The molecule has 0 amide bonds. The van der Waals surface area contributed by atoms with Crippen LogP contribution in [-0.2, 0) is 12.8 Å². The zero-order valence-corrected chi connectivity index (χ0v) is 16.1. The van der Waals surface area contributed by atoms with E-state index in [4.69, 9.17) is 0 Å². The zero-order valence-electron chi connectivity index (χ0n) is 15.3. The number of allylic oxidation sites excluding steroid dienone is 2. The topological polar surface area (TPSA) is 79.4 Å². The number of anilines is 2. The number of rotatable bonds is 3. The van der Waals surface area contributed by atoms with Gasteiger partial charge in [-0.05, 0) is 50.7 Å². The first-order valence-corrected chi connectivity index (χ1v) is 9.98. The third-order valence-electron chi connectivity index (χ3n) is 5.52. The van der Waals surface area contributed by atoms with E-state index in [1.54, 1.807) is 30.1 Å². The molecular weight excluding hydrogens is 356 g/mol. The summed E-state index contributed by atoms with van der Waals surface area (Å²) in [6.07, 6.45) is 10.8. The number of nitrogens with one attached hydrogen (secondary N) is 2. The minimum Gasteiger partial charge on any atom is -0.324 e. The van der Waals surface area contributed by atoms with Crippen LogP contribution >= 0.6 is 11.3 Å². The third-order valence-corrected chi connectivity index (χ3v) is 6.68. The Morgan fingerprint density at radius 1 is 1.30 bits per heavy atom. The summed E-state index contributed by atoms with van der Waals surface area (Å²) < 4.78 is 0. The highest BCUT2D eigenvalue weighted by atomic mass is 32.1. The summed E-state index contributed by atoms with van der Waals surface area (Å²) in [5.74, 6) is 2.25. The van der Waals surface area contributed by atoms with Gasteiger partial charge in [0.1, 0.15) is 22.8 Å². The molecule has 27 heavy (non-hydrogen) atoms. The summed E-state index contributed by atoms with van der Waals surface area (Å²) in [4.78, 5) is 16.0. The van der Waals surface area contributed by atoms with E-state index in [-0.39, 0.29) is 0 Å². The Morgan fingerprint density at radius 3 is 3.11 bits per heavy atom. The SMILES string of the molecule is CC=C(C)C1CCc2c(sc3ncnc(Nc4cc5cn[nH]c5cn4)c23)C1. The number of H-pyrrole nitrogens is 1. The van der Waals surface area contributed by atoms with Gasteiger partial charge in [-0.25, -0.2) is 15.0 Å². The molecule has 4 heterocycles. The van der Waals surface area contributed by atoms with Gasteiger partial charge in [0.15, 0.2) is 0 Å². The molecule has 4 aromatic rings. The summed E-state index contributed by atoms with van der Waals surface area (Å²) in [7, 11) is 0. The van der Waals surface area contributed by atoms with Crippen LogP contribution in [0.4, 0.5) is 11.6 Å². The average molecular weight is 376 g/mol. The molecule has 4 aromatic heterocycles. The lowest BCUT2D eigenvalue weighted by Gasteiger charge is -2.23. The van der Waals surface area contributed by atoms with E-state index in [9.17, 15) is 0 Å². The van der Waals surface area contributed by atoms with Crippen LogP contribution in [0.5, 0.6) is 0 Å². The molecule has 6 nitrogen and oxygen atoms in total.